The highest BCUT2D eigenvalue weighted by Crippen LogP contribution is 2.40. The highest BCUT2D eigenvalue weighted by Gasteiger charge is 2.25. The average Bonchev–Trinajstić information content (AvgIpc) is 3.26. The van der Waals surface area contributed by atoms with Crippen LogP contribution in [0.15, 0.2) is 36.7 Å². The molecule has 0 radical (unpaired) electrons. The molecule has 6 rings (SSSR count). The van der Waals surface area contributed by atoms with E-state index in [0.29, 0.717) is 12.6 Å². The molecule has 1 unspecified atom stereocenters. The Labute approximate surface area is 239 Å². The first kappa shape index (κ1) is 27.1. The summed E-state index contributed by atoms with van der Waals surface area (Å²) in [7, 11) is 1.75. The summed E-state index contributed by atoms with van der Waals surface area (Å²) < 4.78 is 12.2. The van der Waals surface area contributed by atoms with Gasteiger partial charge in [0.05, 0.1) is 19.2 Å². The van der Waals surface area contributed by atoms with Gasteiger partial charge in [0.1, 0.15) is 0 Å². The van der Waals surface area contributed by atoms with Crippen LogP contribution in [0.2, 0.25) is 0 Å². The van der Waals surface area contributed by atoms with E-state index in [1.165, 1.54) is 61.4 Å². The lowest BCUT2D eigenvalue weighted by molar-refractivity contribution is 0.251. The van der Waals surface area contributed by atoms with Crippen LogP contribution in [0, 0.1) is 5.92 Å². The minimum absolute atomic E-state index is 0.436. The van der Waals surface area contributed by atoms with Gasteiger partial charge in [-0.3, -0.25) is 9.97 Å². The molecule has 2 fully saturated rings. The first-order chi connectivity index (χ1) is 19.7. The smallest absolute Gasteiger partial charge is 0.163 e. The van der Waals surface area contributed by atoms with E-state index in [4.69, 9.17) is 14.5 Å². The molecule has 2 aromatic heterocycles. The zero-order valence-corrected chi connectivity index (χ0v) is 24.3. The molecule has 7 heteroatoms. The second-order valence-corrected chi connectivity index (χ2v) is 12.0. The second-order valence-electron chi connectivity index (χ2n) is 12.0. The number of likely N-dealkylation sites (tertiary alicyclic amines) is 1. The van der Waals surface area contributed by atoms with Crippen molar-refractivity contribution in [3.05, 3.63) is 47.9 Å². The van der Waals surface area contributed by atoms with Crippen LogP contribution in [-0.4, -0.2) is 67.4 Å². The Hall–Kier alpha value is -3.06. The summed E-state index contributed by atoms with van der Waals surface area (Å²) >= 11 is 0. The molecule has 0 amide bonds. The quantitative estimate of drug-likeness (QED) is 0.258. The van der Waals surface area contributed by atoms with Gasteiger partial charge < -0.3 is 24.6 Å². The molecule has 0 spiro atoms. The molecule has 1 atom stereocenters. The van der Waals surface area contributed by atoms with Crippen LogP contribution in [0.3, 0.4) is 0 Å². The van der Waals surface area contributed by atoms with Crippen LogP contribution in [0.25, 0.3) is 10.9 Å². The zero-order valence-electron chi connectivity index (χ0n) is 24.3. The number of benzene rings is 1. The van der Waals surface area contributed by atoms with E-state index >= 15 is 0 Å². The zero-order chi connectivity index (χ0) is 27.3. The number of hydrogen-bond donors (Lipinski definition) is 1. The molecule has 7 nitrogen and oxygen atoms in total. The average molecular weight is 544 g/mol. The summed E-state index contributed by atoms with van der Waals surface area (Å²) in [6.07, 6.45) is 14.2. The molecule has 2 aliphatic heterocycles. The van der Waals surface area contributed by atoms with Gasteiger partial charge in [0.15, 0.2) is 11.5 Å². The summed E-state index contributed by atoms with van der Waals surface area (Å²) in [5.41, 5.74) is 6.24. The molecule has 3 aromatic rings. The van der Waals surface area contributed by atoms with Gasteiger partial charge in [0.2, 0.25) is 0 Å². The monoisotopic (exact) mass is 543 g/mol. The Bertz CT molecular complexity index is 1280. The molecule has 0 saturated carbocycles. The normalized spacial score (nSPS) is 20.4. The Balaban J connectivity index is 1.21. The molecule has 2 saturated heterocycles. The predicted molar refractivity (Wildman–Crippen MR) is 163 cm³/mol. The Morgan fingerprint density at radius 1 is 0.975 bits per heavy atom. The highest BCUT2D eigenvalue weighted by atomic mass is 16.5. The van der Waals surface area contributed by atoms with Gasteiger partial charge in [-0.05, 0) is 87.6 Å². The summed E-state index contributed by atoms with van der Waals surface area (Å²) in [6, 6.07) is 8.95. The van der Waals surface area contributed by atoms with Crippen LogP contribution in [-0.2, 0) is 12.8 Å². The number of rotatable bonds is 9. The number of fused-ring (bicyclic) bond motifs is 2. The van der Waals surface area contributed by atoms with E-state index in [1.54, 1.807) is 7.11 Å². The second kappa shape index (κ2) is 12.6. The van der Waals surface area contributed by atoms with Crippen LogP contribution < -0.4 is 19.7 Å². The fraction of sp³-hybridized carbons (Fsp3) is 0.576. The van der Waals surface area contributed by atoms with Crippen molar-refractivity contribution in [3.8, 4) is 11.5 Å². The van der Waals surface area contributed by atoms with Crippen LogP contribution in [0.5, 0.6) is 11.5 Å². The predicted octanol–water partition coefficient (Wildman–Crippen LogP) is 6.10. The van der Waals surface area contributed by atoms with Gasteiger partial charge >= 0.3 is 0 Å². The van der Waals surface area contributed by atoms with E-state index in [-0.39, 0.29) is 0 Å². The number of piperidine rings is 1. The van der Waals surface area contributed by atoms with E-state index in [9.17, 15) is 0 Å². The summed E-state index contributed by atoms with van der Waals surface area (Å²) in [6.45, 7) is 8.66. The van der Waals surface area contributed by atoms with Gasteiger partial charge in [0, 0.05) is 73.1 Å². The number of anilines is 2. The third kappa shape index (κ3) is 6.14. The molecule has 4 heterocycles. The molecular weight excluding hydrogens is 498 g/mol. The Morgan fingerprint density at radius 3 is 2.58 bits per heavy atom. The van der Waals surface area contributed by atoms with Gasteiger partial charge in [-0.25, -0.2) is 0 Å². The number of ether oxygens (including phenoxy) is 2. The molecule has 40 heavy (non-hydrogen) atoms. The minimum Gasteiger partial charge on any atom is -0.493 e. The number of methoxy groups -OCH3 is 1. The maximum absolute atomic E-state index is 6.31. The van der Waals surface area contributed by atoms with Crippen molar-refractivity contribution in [2.75, 3.05) is 56.7 Å². The van der Waals surface area contributed by atoms with Gasteiger partial charge in [-0.2, -0.15) is 0 Å². The Kier molecular flexibility index (Phi) is 8.57. The van der Waals surface area contributed by atoms with Gasteiger partial charge in [-0.1, -0.05) is 13.3 Å². The summed E-state index contributed by atoms with van der Waals surface area (Å²) in [4.78, 5) is 14.4. The number of pyridine rings is 2. The number of aryl methyl sites for hydroxylation is 1. The maximum atomic E-state index is 6.31. The maximum Gasteiger partial charge on any atom is 0.163 e. The van der Waals surface area contributed by atoms with Crippen molar-refractivity contribution in [2.45, 2.75) is 70.8 Å². The molecule has 214 valence electrons. The van der Waals surface area contributed by atoms with Gasteiger partial charge in [-0.15, -0.1) is 0 Å². The standard InChI is InChI=1S/C33H45N5O2/c1-24-11-17-37(23-24)16-6-20-40-32-22-30-28(21-31(32)39-2)33(27-7-4-3-5-8-29(27)36-30)35-25-12-18-38(19-13-25)26-9-14-34-15-10-26/h9-10,14-15,21-22,24-25H,3-8,11-13,16-20,23H2,1-2H3,(H,35,36). The Morgan fingerprint density at radius 2 is 1.80 bits per heavy atom. The van der Waals surface area contributed by atoms with Gasteiger partial charge in [0.25, 0.3) is 0 Å². The first-order valence-corrected chi connectivity index (χ1v) is 15.5. The van der Waals surface area contributed by atoms with Crippen molar-refractivity contribution < 1.29 is 9.47 Å². The van der Waals surface area contributed by atoms with Crippen molar-refractivity contribution in [1.82, 2.24) is 14.9 Å². The molecule has 3 aliphatic rings. The van der Waals surface area contributed by atoms with E-state index in [0.717, 1.165) is 80.1 Å². The molecule has 1 aliphatic carbocycles. The largest absolute Gasteiger partial charge is 0.493 e. The molecule has 1 N–H and O–H groups in total. The van der Waals surface area contributed by atoms with E-state index < -0.39 is 0 Å². The lowest BCUT2D eigenvalue weighted by Gasteiger charge is -2.35. The fourth-order valence-electron chi connectivity index (χ4n) is 6.79. The minimum atomic E-state index is 0.436. The van der Waals surface area contributed by atoms with Crippen LogP contribution in [0.1, 0.15) is 63.1 Å². The van der Waals surface area contributed by atoms with Crippen LogP contribution >= 0.6 is 0 Å². The number of aromatic nitrogens is 2. The number of nitrogens with one attached hydrogen (secondary N) is 1. The number of nitrogens with zero attached hydrogens (tertiary/aromatic N) is 4. The first-order valence-electron chi connectivity index (χ1n) is 15.5. The molecular formula is C33H45N5O2. The number of hydrogen-bond acceptors (Lipinski definition) is 7. The highest BCUT2D eigenvalue weighted by molar-refractivity contribution is 5.96. The molecule has 0 bridgehead atoms. The summed E-state index contributed by atoms with van der Waals surface area (Å²) in [5, 5.41) is 5.19. The van der Waals surface area contributed by atoms with Crippen LogP contribution in [0.4, 0.5) is 11.4 Å². The molecule has 1 aromatic carbocycles. The van der Waals surface area contributed by atoms with E-state index in [1.807, 2.05) is 12.4 Å². The topological polar surface area (TPSA) is 62.8 Å². The SMILES string of the molecule is COc1cc2c(NC3CCN(c4ccncc4)CC3)c3c(nc2cc1OCCCN1CCC(C)C1)CCCCC3. The third-order valence-electron chi connectivity index (χ3n) is 9.05. The van der Waals surface area contributed by atoms with Crippen molar-refractivity contribution >= 4 is 22.3 Å². The fourth-order valence-corrected chi connectivity index (χ4v) is 6.79. The van der Waals surface area contributed by atoms with E-state index in [2.05, 4.69) is 51.3 Å². The van der Waals surface area contributed by atoms with Crippen molar-refractivity contribution in [3.63, 3.8) is 0 Å². The van der Waals surface area contributed by atoms with Crippen molar-refractivity contribution in [2.24, 2.45) is 5.92 Å². The van der Waals surface area contributed by atoms with Crippen molar-refractivity contribution in [1.29, 1.82) is 0 Å². The lowest BCUT2D eigenvalue weighted by atomic mass is 9.98. The lowest BCUT2D eigenvalue weighted by Crippen LogP contribution is -2.39. The summed E-state index contributed by atoms with van der Waals surface area (Å²) in [5.74, 6) is 2.43. The third-order valence-corrected chi connectivity index (χ3v) is 9.05.